The minimum atomic E-state index is -0.622. The number of hydrogen-bond donors (Lipinski definition) is 1. The minimum absolute atomic E-state index is 0.0959. The van der Waals surface area contributed by atoms with E-state index in [1.165, 1.54) is 7.11 Å². The molecule has 0 bridgehead atoms. The number of rotatable bonds is 4. The Morgan fingerprint density at radius 3 is 2.53 bits per heavy atom. The van der Waals surface area contributed by atoms with E-state index in [1.807, 2.05) is 51.1 Å². The van der Waals surface area contributed by atoms with E-state index in [-0.39, 0.29) is 12.3 Å². The summed E-state index contributed by atoms with van der Waals surface area (Å²) in [5, 5.41) is 2.89. The van der Waals surface area contributed by atoms with Crippen molar-refractivity contribution in [2.24, 2.45) is 0 Å². The van der Waals surface area contributed by atoms with E-state index >= 15 is 0 Å². The van der Waals surface area contributed by atoms with Gasteiger partial charge in [-0.05, 0) is 43.9 Å². The Kier molecular flexibility index (Phi) is 5.05. The molecule has 4 rings (SSSR count). The number of carbonyl (C=O) groups excluding carboxylic acids is 2. The molecular formula is C23H26N2O5. The molecule has 0 spiro atoms. The average Bonchev–Trinajstić information content (AvgIpc) is 3.28. The Morgan fingerprint density at radius 1 is 1.13 bits per heavy atom. The predicted molar refractivity (Wildman–Crippen MR) is 113 cm³/mol. The fourth-order valence-corrected chi connectivity index (χ4v) is 3.91. The van der Waals surface area contributed by atoms with Crippen LogP contribution in [0.4, 0.5) is 16.2 Å². The number of nitrogens with one attached hydrogen (secondary N) is 1. The maximum Gasteiger partial charge on any atom is 0.414 e. The molecule has 2 aromatic carbocycles. The molecule has 2 aliphatic rings. The molecule has 158 valence electrons. The summed E-state index contributed by atoms with van der Waals surface area (Å²) in [5.41, 5.74) is 3.42. The van der Waals surface area contributed by atoms with Gasteiger partial charge in [-0.1, -0.05) is 30.3 Å². The van der Waals surface area contributed by atoms with Gasteiger partial charge in [-0.15, -0.1) is 0 Å². The fraction of sp³-hybridized carbons (Fsp3) is 0.391. The fourth-order valence-electron chi connectivity index (χ4n) is 3.91. The van der Waals surface area contributed by atoms with Gasteiger partial charge in [0.15, 0.2) is 11.5 Å². The zero-order chi connectivity index (χ0) is 21.5. The molecule has 2 aromatic rings. The van der Waals surface area contributed by atoms with E-state index in [9.17, 15) is 9.59 Å². The smallest absolute Gasteiger partial charge is 0.414 e. The van der Waals surface area contributed by atoms with Crippen molar-refractivity contribution < 1.29 is 23.8 Å². The van der Waals surface area contributed by atoms with E-state index in [0.29, 0.717) is 42.4 Å². The van der Waals surface area contributed by atoms with Crippen LogP contribution < -0.4 is 19.7 Å². The van der Waals surface area contributed by atoms with Crippen LogP contribution in [-0.4, -0.2) is 31.3 Å². The Bertz CT molecular complexity index is 995. The SMILES string of the molecule is COc1c2c(c3c(c1OCc1ccccc1)N(C(=O)OC(C)(C)C)CC3)CC(=O)N2. The first-order valence-corrected chi connectivity index (χ1v) is 10.0. The average molecular weight is 410 g/mol. The van der Waals surface area contributed by atoms with Gasteiger partial charge in [-0.2, -0.15) is 0 Å². The monoisotopic (exact) mass is 410 g/mol. The van der Waals surface area contributed by atoms with Gasteiger partial charge in [0, 0.05) is 6.54 Å². The number of anilines is 2. The Balaban J connectivity index is 1.79. The molecule has 0 aromatic heterocycles. The van der Waals surface area contributed by atoms with Crippen LogP contribution >= 0.6 is 0 Å². The number of amides is 2. The molecule has 2 aliphatic heterocycles. The Hall–Kier alpha value is -3.22. The summed E-state index contributed by atoms with van der Waals surface area (Å²) >= 11 is 0. The summed E-state index contributed by atoms with van der Waals surface area (Å²) in [6.45, 7) is 6.26. The lowest BCUT2D eigenvalue weighted by molar-refractivity contribution is -0.115. The van der Waals surface area contributed by atoms with Crippen LogP contribution in [0.25, 0.3) is 0 Å². The van der Waals surface area contributed by atoms with Crippen LogP contribution in [-0.2, 0) is 29.0 Å². The lowest BCUT2D eigenvalue weighted by atomic mass is 10.0. The molecule has 0 aliphatic carbocycles. The third-order valence-corrected chi connectivity index (χ3v) is 5.10. The maximum absolute atomic E-state index is 12.9. The molecule has 2 amide bonds. The van der Waals surface area contributed by atoms with Gasteiger partial charge in [0.05, 0.1) is 24.9 Å². The van der Waals surface area contributed by atoms with Gasteiger partial charge in [-0.3, -0.25) is 9.69 Å². The van der Waals surface area contributed by atoms with E-state index in [2.05, 4.69) is 5.32 Å². The number of nitrogens with zero attached hydrogens (tertiary/aromatic N) is 1. The summed E-state index contributed by atoms with van der Waals surface area (Å²) in [6.07, 6.45) is 0.442. The van der Waals surface area contributed by atoms with Crippen molar-refractivity contribution in [2.45, 2.75) is 45.8 Å². The van der Waals surface area contributed by atoms with E-state index in [0.717, 1.165) is 16.7 Å². The topological polar surface area (TPSA) is 77.1 Å². The summed E-state index contributed by atoms with van der Waals surface area (Å²) in [5.74, 6) is 0.781. The van der Waals surface area contributed by atoms with Gasteiger partial charge in [-0.25, -0.2) is 4.79 Å². The van der Waals surface area contributed by atoms with Gasteiger partial charge in [0.25, 0.3) is 0 Å². The first-order valence-electron chi connectivity index (χ1n) is 10.0. The zero-order valence-corrected chi connectivity index (χ0v) is 17.7. The summed E-state index contributed by atoms with van der Waals surface area (Å²) in [6, 6.07) is 9.75. The molecule has 2 heterocycles. The summed E-state index contributed by atoms with van der Waals surface area (Å²) in [7, 11) is 1.54. The molecule has 0 radical (unpaired) electrons. The van der Waals surface area contributed by atoms with Crippen molar-refractivity contribution in [2.75, 3.05) is 23.9 Å². The zero-order valence-electron chi connectivity index (χ0n) is 17.7. The van der Waals surface area contributed by atoms with Gasteiger partial charge < -0.3 is 19.5 Å². The minimum Gasteiger partial charge on any atom is -0.491 e. The molecule has 0 saturated carbocycles. The first kappa shape index (κ1) is 20.1. The highest BCUT2D eigenvalue weighted by Crippen LogP contribution is 2.53. The number of fused-ring (bicyclic) bond motifs is 3. The first-order chi connectivity index (χ1) is 14.3. The van der Waals surface area contributed by atoms with Crippen LogP contribution in [0.15, 0.2) is 30.3 Å². The molecule has 7 nitrogen and oxygen atoms in total. The molecule has 0 atom stereocenters. The van der Waals surface area contributed by atoms with E-state index in [1.54, 1.807) is 4.90 Å². The summed E-state index contributed by atoms with van der Waals surface area (Å²) in [4.78, 5) is 26.7. The third kappa shape index (κ3) is 3.67. The normalized spacial score (nSPS) is 14.8. The number of carbonyl (C=O) groups is 2. The van der Waals surface area contributed by atoms with E-state index < -0.39 is 11.7 Å². The Labute approximate surface area is 175 Å². The molecule has 7 heteroatoms. The van der Waals surface area contributed by atoms with Gasteiger partial charge in [0.2, 0.25) is 5.91 Å². The molecule has 0 unspecified atom stereocenters. The second-order valence-corrected chi connectivity index (χ2v) is 8.42. The van der Waals surface area contributed by atoms with Crippen LogP contribution in [0.5, 0.6) is 11.5 Å². The molecule has 30 heavy (non-hydrogen) atoms. The number of hydrogen-bond acceptors (Lipinski definition) is 5. The lowest BCUT2D eigenvalue weighted by Crippen LogP contribution is -2.36. The highest BCUT2D eigenvalue weighted by Gasteiger charge is 2.39. The second-order valence-electron chi connectivity index (χ2n) is 8.42. The van der Waals surface area contributed by atoms with Gasteiger partial charge >= 0.3 is 6.09 Å². The number of ether oxygens (including phenoxy) is 3. The van der Waals surface area contributed by atoms with Crippen molar-refractivity contribution >= 4 is 23.4 Å². The predicted octanol–water partition coefficient (Wildman–Crippen LogP) is 4.07. The Morgan fingerprint density at radius 2 is 1.87 bits per heavy atom. The quantitative estimate of drug-likeness (QED) is 0.822. The molecule has 1 N–H and O–H groups in total. The van der Waals surface area contributed by atoms with Crippen LogP contribution in [0.3, 0.4) is 0 Å². The summed E-state index contributed by atoms with van der Waals surface area (Å²) < 4.78 is 17.5. The van der Waals surface area contributed by atoms with Crippen molar-refractivity contribution in [3.05, 3.63) is 47.0 Å². The van der Waals surface area contributed by atoms with Crippen LogP contribution in [0.1, 0.15) is 37.5 Å². The highest BCUT2D eigenvalue weighted by molar-refractivity contribution is 6.06. The van der Waals surface area contributed by atoms with Crippen molar-refractivity contribution in [3.63, 3.8) is 0 Å². The van der Waals surface area contributed by atoms with Gasteiger partial charge in [0.1, 0.15) is 12.2 Å². The van der Waals surface area contributed by atoms with Crippen LogP contribution in [0.2, 0.25) is 0 Å². The maximum atomic E-state index is 12.9. The number of methoxy groups -OCH3 is 1. The standard InChI is InChI=1S/C23H26N2O5/c1-23(2,3)30-22(27)25-11-10-15-16-12-17(26)24-18(16)20(28-4)21(19(15)25)29-13-14-8-6-5-7-9-14/h5-9H,10-13H2,1-4H3,(H,24,26). The molecule has 0 saturated heterocycles. The number of benzene rings is 2. The molecule has 0 fully saturated rings. The molecular weight excluding hydrogens is 384 g/mol. The van der Waals surface area contributed by atoms with Crippen molar-refractivity contribution in [3.8, 4) is 11.5 Å². The van der Waals surface area contributed by atoms with Crippen molar-refractivity contribution in [1.82, 2.24) is 0 Å². The highest BCUT2D eigenvalue weighted by atomic mass is 16.6. The lowest BCUT2D eigenvalue weighted by Gasteiger charge is -2.27. The largest absolute Gasteiger partial charge is 0.491 e. The third-order valence-electron chi connectivity index (χ3n) is 5.10. The van der Waals surface area contributed by atoms with Crippen molar-refractivity contribution in [1.29, 1.82) is 0 Å². The van der Waals surface area contributed by atoms with E-state index in [4.69, 9.17) is 14.2 Å². The second kappa shape index (κ2) is 7.55. The van der Waals surface area contributed by atoms with Crippen LogP contribution in [0, 0.1) is 0 Å².